The van der Waals surface area contributed by atoms with Gasteiger partial charge in [0.2, 0.25) is 5.91 Å². The Morgan fingerprint density at radius 2 is 1.71 bits per heavy atom. The summed E-state index contributed by atoms with van der Waals surface area (Å²) in [6.45, 7) is 6.62. The van der Waals surface area contributed by atoms with Gasteiger partial charge in [-0.1, -0.05) is 12.8 Å². The van der Waals surface area contributed by atoms with E-state index in [-0.39, 0.29) is 24.0 Å². The normalized spacial score (nSPS) is 25.5. The van der Waals surface area contributed by atoms with Crippen molar-refractivity contribution in [2.75, 3.05) is 66.5 Å². The first-order valence-electron chi connectivity index (χ1n) is 9.20. The van der Waals surface area contributed by atoms with E-state index in [4.69, 9.17) is 0 Å². The number of nitrogens with zero attached hydrogens (tertiary/aromatic N) is 4. The molecule has 0 bridgehead atoms. The zero-order valence-electron chi connectivity index (χ0n) is 15.1. The van der Waals surface area contributed by atoms with Crippen LogP contribution in [0.25, 0.3) is 0 Å². The van der Waals surface area contributed by atoms with Crippen molar-refractivity contribution in [2.45, 2.75) is 31.2 Å². The van der Waals surface area contributed by atoms with E-state index in [1.807, 2.05) is 0 Å². The van der Waals surface area contributed by atoms with Crippen LogP contribution in [0.2, 0.25) is 0 Å². The second kappa shape index (κ2) is 7.27. The quantitative estimate of drug-likeness (QED) is 0.769. The fraction of sp³-hybridized carbons (Fsp3) is 0.882. The molecule has 1 saturated carbocycles. The summed E-state index contributed by atoms with van der Waals surface area (Å²) < 4.78 is 0. The molecular weight excluding hydrogens is 306 g/mol. The van der Waals surface area contributed by atoms with Gasteiger partial charge in [0, 0.05) is 58.4 Å². The smallest absolute Gasteiger partial charge is 0.320 e. The van der Waals surface area contributed by atoms with Crippen molar-refractivity contribution in [1.82, 2.24) is 24.9 Å². The molecule has 7 heteroatoms. The number of piperazine rings is 1. The van der Waals surface area contributed by atoms with E-state index in [0.29, 0.717) is 19.6 Å². The van der Waals surface area contributed by atoms with Gasteiger partial charge in [0.15, 0.2) is 0 Å². The molecule has 2 saturated heterocycles. The van der Waals surface area contributed by atoms with E-state index < -0.39 is 0 Å². The first kappa shape index (κ1) is 17.5. The van der Waals surface area contributed by atoms with Crippen LogP contribution in [-0.4, -0.2) is 104 Å². The lowest BCUT2D eigenvalue weighted by Gasteiger charge is -2.45. The number of likely N-dealkylation sites (N-methyl/N-ethyl adjacent to an activating group) is 2. The van der Waals surface area contributed by atoms with Crippen LogP contribution in [0.15, 0.2) is 0 Å². The van der Waals surface area contributed by atoms with Crippen LogP contribution in [0.3, 0.4) is 0 Å². The van der Waals surface area contributed by atoms with E-state index in [1.54, 1.807) is 16.8 Å². The highest BCUT2D eigenvalue weighted by Gasteiger charge is 2.40. The van der Waals surface area contributed by atoms with Gasteiger partial charge in [0.05, 0.1) is 0 Å². The Morgan fingerprint density at radius 1 is 1.04 bits per heavy atom. The molecule has 0 atom stereocenters. The lowest BCUT2D eigenvalue weighted by molar-refractivity contribution is -0.122. The SMILES string of the molecule is CN1CCN(C2(CNC(=O)CN3CCN(C)C3=O)CCCC2)CC1. The van der Waals surface area contributed by atoms with Crippen LogP contribution in [0, 0.1) is 0 Å². The van der Waals surface area contributed by atoms with Crippen LogP contribution in [0.4, 0.5) is 4.79 Å². The lowest BCUT2D eigenvalue weighted by atomic mass is 9.93. The Morgan fingerprint density at radius 3 is 2.29 bits per heavy atom. The summed E-state index contributed by atoms with van der Waals surface area (Å²) in [4.78, 5) is 32.5. The van der Waals surface area contributed by atoms with Gasteiger partial charge < -0.3 is 20.0 Å². The molecule has 3 aliphatic rings. The van der Waals surface area contributed by atoms with Gasteiger partial charge in [0.1, 0.15) is 6.54 Å². The van der Waals surface area contributed by atoms with E-state index in [2.05, 4.69) is 22.2 Å². The fourth-order valence-corrected chi connectivity index (χ4v) is 4.26. The molecule has 0 aromatic carbocycles. The minimum Gasteiger partial charge on any atom is -0.353 e. The van der Waals surface area contributed by atoms with Gasteiger partial charge in [-0.15, -0.1) is 0 Å². The molecule has 136 valence electrons. The predicted octanol–water partition coefficient (Wildman–Crippen LogP) is 0.0302. The summed E-state index contributed by atoms with van der Waals surface area (Å²) in [6, 6.07) is -0.0419. The highest BCUT2D eigenvalue weighted by atomic mass is 16.2. The zero-order valence-corrected chi connectivity index (χ0v) is 15.1. The maximum atomic E-state index is 12.3. The number of urea groups is 1. The largest absolute Gasteiger partial charge is 0.353 e. The zero-order chi connectivity index (χ0) is 17.2. The molecule has 0 unspecified atom stereocenters. The van der Waals surface area contributed by atoms with E-state index >= 15 is 0 Å². The Labute approximate surface area is 144 Å². The topological polar surface area (TPSA) is 59.1 Å². The second-order valence-corrected chi connectivity index (χ2v) is 7.62. The van der Waals surface area contributed by atoms with Crippen LogP contribution < -0.4 is 5.32 Å². The van der Waals surface area contributed by atoms with Gasteiger partial charge in [-0.05, 0) is 19.9 Å². The standard InChI is InChI=1S/C17H31N5O2/c1-19-7-11-22(12-8-19)17(5-3-4-6-17)14-18-15(23)13-21-10-9-20(2)16(21)24/h3-14H2,1-2H3,(H,18,23). The van der Waals surface area contributed by atoms with Crippen molar-refractivity contribution in [2.24, 2.45) is 0 Å². The number of carbonyl (C=O) groups is 2. The lowest BCUT2D eigenvalue weighted by Crippen LogP contribution is -2.60. The summed E-state index contributed by atoms with van der Waals surface area (Å²) in [5, 5.41) is 3.13. The van der Waals surface area contributed by atoms with Crippen molar-refractivity contribution in [3.8, 4) is 0 Å². The van der Waals surface area contributed by atoms with Crippen molar-refractivity contribution >= 4 is 11.9 Å². The Hall–Kier alpha value is -1.34. The third kappa shape index (κ3) is 3.67. The number of rotatable bonds is 5. The van der Waals surface area contributed by atoms with Crippen molar-refractivity contribution in [3.05, 3.63) is 0 Å². The molecule has 0 spiro atoms. The minimum atomic E-state index is -0.0419. The van der Waals surface area contributed by atoms with Crippen molar-refractivity contribution in [1.29, 1.82) is 0 Å². The molecular formula is C17H31N5O2. The highest BCUT2D eigenvalue weighted by molar-refractivity contribution is 5.85. The first-order valence-corrected chi connectivity index (χ1v) is 9.20. The Balaban J connectivity index is 1.52. The van der Waals surface area contributed by atoms with Gasteiger partial charge in [-0.25, -0.2) is 4.79 Å². The summed E-state index contributed by atoms with van der Waals surface area (Å²) in [5.41, 5.74) is 0.128. The molecule has 0 radical (unpaired) electrons. The number of hydrogen-bond acceptors (Lipinski definition) is 4. The molecule has 7 nitrogen and oxygen atoms in total. The summed E-state index contributed by atoms with van der Waals surface area (Å²) in [6.07, 6.45) is 4.83. The van der Waals surface area contributed by atoms with Gasteiger partial charge in [-0.3, -0.25) is 9.69 Å². The molecule has 3 rings (SSSR count). The Bertz CT molecular complexity index is 470. The van der Waals surface area contributed by atoms with Gasteiger partial charge in [-0.2, -0.15) is 0 Å². The third-order valence-corrected chi connectivity index (χ3v) is 5.96. The number of hydrogen-bond donors (Lipinski definition) is 1. The monoisotopic (exact) mass is 337 g/mol. The van der Waals surface area contributed by atoms with E-state index in [1.165, 1.54) is 25.7 Å². The fourth-order valence-electron chi connectivity index (χ4n) is 4.26. The number of amides is 3. The minimum absolute atomic E-state index is 0.0287. The van der Waals surface area contributed by atoms with Gasteiger partial charge in [0.25, 0.3) is 0 Å². The van der Waals surface area contributed by atoms with Gasteiger partial charge >= 0.3 is 6.03 Å². The molecule has 1 N–H and O–H groups in total. The maximum Gasteiger partial charge on any atom is 0.320 e. The first-order chi connectivity index (χ1) is 11.5. The average Bonchev–Trinajstić information content (AvgIpc) is 3.17. The molecule has 3 amide bonds. The molecule has 24 heavy (non-hydrogen) atoms. The molecule has 0 aromatic rings. The third-order valence-electron chi connectivity index (χ3n) is 5.96. The highest BCUT2D eigenvalue weighted by Crippen LogP contribution is 2.35. The van der Waals surface area contributed by atoms with Crippen molar-refractivity contribution < 1.29 is 9.59 Å². The average molecular weight is 337 g/mol. The van der Waals surface area contributed by atoms with E-state index in [0.717, 1.165) is 26.2 Å². The Kier molecular flexibility index (Phi) is 5.30. The molecule has 1 aliphatic carbocycles. The van der Waals surface area contributed by atoms with Crippen molar-refractivity contribution in [3.63, 3.8) is 0 Å². The maximum absolute atomic E-state index is 12.3. The summed E-state index contributed by atoms with van der Waals surface area (Å²) in [7, 11) is 3.95. The molecule has 3 fully saturated rings. The molecule has 0 aromatic heterocycles. The molecule has 2 aliphatic heterocycles. The second-order valence-electron chi connectivity index (χ2n) is 7.62. The number of carbonyl (C=O) groups excluding carboxylic acids is 2. The van der Waals surface area contributed by atoms with Crippen LogP contribution in [0.5, 0.6) is 0 Å². The summed E-state index contributed by atoms with van der Waals surface area (Å²) in [5.74, 6) is -0.0287. The molecule has 2 heterocycles. The summed E-state index contributed by atoms with van der Waals surface area (Å²) >= 11 is 0. The van der Waals surface area contributed by atoms with Crippen LogP contribution in [-0.2, 0) is 4.79 Å². The van der Waals surface area contributed by atoms with Crippen LogP contribution in [0.1, 0.15) is 25.7 Å². The predicted molar refractivity (Wildman–Crippen MR) is 92.9 cm³/mol. The van der Waals surface area contributed by atoms with E-state index in [9.17, 15) is 9.59 Å². The van der Waals surface area contributed by atoms with Crippen LogP contribution >= 0.6 is 0 Å². The number of nitrogens with one attached hydrogen (secondary N) is 1.